The van der Waals surface area contributed by atoms with E-state index in [1.165, 1.54) is 62.5 Å². The lowest BCUT2D eigenvalue weighted by Crippen LogP contribution is -2.55. The molecule has 0 aliphatic carbocycles. The Morgan fingerprint density at radius 1 is 0.878 bits per heavy atom. The highest BCUT2D eigenvalue weighted by molar-refractivity contribution is 7.99. The van der Waals surface area contributed by atoms with Crippen LogP contribution in [0, 0.1) is 0 Å². The summed E-state index contributed by atoms with van der Waals surface area (Å²) in [6.45, 7) is 1.22. The van der Waals surface area contributed by atoms with Gasteiger partial charge in [0.15, 0.2) is 6.04 Å². The molecule has 242 valence electrons. The Hall–Kier alpha value is -1.58. The van der Waals surface area contributed by atoms with Crippen molar-refractivity contribution in [2.45, 2.75) is 114 Å². The molecule has 0 fully saturated rings. The van der Waals surface area contributed by atoms with E-state index < -0.39 is 57.8 Å². The molecule has 0 aliphatic rings. The molecular weight excluding hydrogens is 589 g/mol. The number of nitrogens with one attached hydrogen (secondary N) is 2. The van der Waals surface area contributed by atoms with Gasteiger partial charge in [-0.3, -0.25) is 9.59 Å². The van der Waals surface area contributed by atoms with Crippen LogP contribution in [-0.4, -0.2) is 80.8 Å². The Morgan fingerprint density at radius 3 is 1.85 bits per heavy atom. The maximum absolute atomic E-state index is 12.8. The van der Waals surface area contributed by atoms with Crippen LogP contribution in [-0.2, 0) is 33.9 Å². The molecule has 0 rings (SSSR count). The molecule has 0 saturated heterocycles. The number of thioether (sulfide) groups is 1. The zero-order chi connectivity index (χ0) is 31.2. The van der Waals surface area contributed by atoms with Gasteiger partial charge in [-0.2, -0.15) is 29.7 Å². The van der Waals surface area contributed by atoms with E-state index in [4.69, 9.17) is 4.74 Å². The molecule has 0 spiro atoms. The second kappa shape index (κ2) is 22.9. The van der Waals surface area contributed by atoms with Crippen molar-refractivity contribution in [1.29, 1.82) is 0 Å². The number of amides is 1. The molecule has 0 unspecified atom stereocenters. The largest absolute Gasteiger partial charge is 0.511 e. The quantitative estimate of drug-likeness (QED) is 0.0991. The van der Waals surface area contributed by atoms with E-state index in [1.807, 2.05) is 5.32 Å². The Bertz CT molecular complexity index is 845. The fourth-order valence-corrected chi connectivity index (χ4v) is 5.43. The molecule has 10 nitrogen and oxygen atoms in total. The fraction of sp³-hybridized carbons (Fsp3) is 0.885. The van der Waals surface area contributed by atoms with Crippen molar-refractivity contribution in [2.24, 2.45) is 0 Å². The number of sulfonamides is 1. The molecule has 0 aliphatic heterocycles. The summed E-state index contributed by atoms with van der Waals surface area (Å²) in [5.41, 5.74) is -5.67. The lowest BCUT2D eigenvalue weighted by molar-refractivity contribution is -0.146. The van der Waals surface area contributed by atoms with Gasteiger partial charge in [0.2, 0.25) is 5.91 Å². The number of unbranched alkanes of at least 4 members (excludes halogenated alkanes) is 12. The first-order chi connectivity index (χ1) is 19.4. The van der Waals surface area contributed by atoms with Gasteiger partial charge >= 0.3 is 27.5 Å². The summed E-state index contributed by atoms with van der Waals surface area (Å²) in [6.07, 6.45) is 15.6. The number of halogens is 3. The molecule has 1 amide bonds. The Labute approximate surface area is 246 Å². The van der Waals surface area contributed by atoms with Crippen molar-refractivity contribution in [3.8, 4) is 0 Å². The normalized spacial score (nSPS) is 13.4. The standard InChI is InChI=1S/C26H47F3N2O8S2/c1-3-4-5-6-7-8-9-10-11-12-13-14-15-16-23(33)39-17-18-40-20-22(31-41(36,37)26(27,28)29)24(34)30-21(19-32)25(35)38-2/h21-22,31-32H,3-20H2,1-2H3,(H,30,34)/t21-,22-/m0/s1. The van der Waals surface area contributed by atoms with Crippen molar-refractivity contribution >= 4 is 39.6 Å². The molecule has 0 radical (unpaired) electrons. The highest BCUT2D eigenvalue weighted by atomic mass is 32.2. The molecule has 0 heterocycles. The molecule has 15 heteroatoms. The van der Waals surface area contributed by atoms with Gasteiger partial charge in [-0.25, -0.2) is 13.2 Å². The molecule has 0 aromatic carbocycles. The van der Waals surface area contributed by atoms with Gasteiger partial charge in [-0.1, -0.05) is 84.0 Å². The van der Waals surface area contributed by atoms with Crippen LogP contribution in [0.25, 0.3) is 0 Å². The number of hydrogen-bond donors (Lipinski definition) is 3. The predicted molar refractivity (Wildman–Crippen MR) is 152 cm³/mol. The van der Waals surface area contributed by atoms with Crippen LogP contribution < -0.4 is 10.0 Å². The monoisotopic (exact) mass is 636 g/mol. The van der Waals surface area contributed by atoms with Crippen LogP contribution in [0.3, 0.4) is 0 Å². The van der Waals surface area contributed by atoms with Gasteiger partial charge in [0.25, 0.3) is 0 Å². The number of aliphatic hydroxyl groups excluding tert-OH is 1. The third-order valence-corrected chi connectivity index (χ3v) is 8.39. The predicted octanol–water partition coefficient (Wildman–Crippen LogP) is 4.20. The highest BCUT2D eigenvalue weighted by Gasteiger charge is 2.47. The smallest absolute Gasteiger partial charge is 0.467 e. The third kappa shape index (κ3) is 19.3. The number of carbonyl (C=O) groups excluding carboxylic acids is 3. The first kappa shape index (κ1) is 39.4. The minimum atomic E-state index is -5.88. The molecular formula is C26H47F3N2O8S2. The van der Waals surface area contributed by atoms with Crippen LogP contribution >= 0.6 is 11.8 Å². The minimum Gasteiger partial charge on any atom is -0.467 e. The molecule has 3 N–H and O–H groups in total. The summed E-state index contributed by atoms with van der Waals surface area (Å²) in [5.74, 6) is -3.13. The van der Waals surface area contributed by atoms with Gasteiger partial charge in [-0.15, -0.1) is 0 Å². The molecule has 0 saturated carbocycles. The van der Waals surface area contributed by atoms with Gasteiger partial charge in [-0.05, 0) is 6.42 Å². The number of esters is 2. The van der Waals surface area contributed by atoms with E-state index in [2.05, 4.69) is 11.7 Å². The summed E-state index contributed by atoms with van der Waals surface area (Å²) >= 11 is 0.868. The number of hydrogen-bond acceptors (Lipinski definition) is 9. The van der Waals surface area contributed by atoms with E-state index in [9.17, 15) is 41.1 Å². The van der Waals surface area contributed by atoms with Crippen molar-refractivity contribution in [2.75, 3.05) is 31.8 Å². The van der Waals surface area contributed by atoms with E-state index in [1.54, 1.807) is 0 Å². The zero-order valence-corrected chi connectivity index (χ0v) is 25.8. The first-order valence-corrected chi connectivity index (χ1v) is 16.8. The number of aliphatic hydroxyl groups is 1. The number of alkyl halides is 3. The molecule has 2 atom stereocenters. The van der Waals surface area contributed by atoms with Crippen molar-refractivity contribution in [1.82, 2.24) is 10.0 Å². The fourth-order valence-electron chi connectivity index (χ4n) is 3.79. The van der Waals surface area contributed by atoms with Gasteiger partial charge in [0, 0.05) is 17.9 Å². The molecule has 41 heavy (non-hydrogen) atoms. The summed E-state index contributed by atoms with van der Waals surface area (Å²) in [6, 6.07) is -3.52. The molecule has 0 bridgehead atoms. The maximum Gasteiger partial charge on any atom is 0.511 e. The number of carbonyl (C=O) groups is 3. The Balaban J connectivity index is 4.27. The van der Waals surface area contributed by atoms with Gasteiger partial charge in [0.1, 0.15) is 12.6 Å². The topological polar surface area (TPSA) is 148 Å². The van der Waals surface area contributed by atoms with Crippen molar-refractivity contribution in [3.63, 3.8) is 0 Å². The van der Waals surface area contributed by atoms with Crippen LogP contribution in [0.1, 0.15) is 96.8 Å². The van der Waals surface area contributed by atoms with Crippen molar-refractivity contribution < 1.29 is 50.6 Å². The van der Waals surface area contributed by atoms with Gasteiger partial charge in [0.05, 0.1) is 13.7 Å². The van der Waals surface area contributed by atoms with E-state index in [0.717, 1.165) is 38.1 Å². The Morgan fingerprint density at radius 2 is 1.39 bits per heavy atom. The summed E-state index contributed by atoms with van der Waals surface area (Å²) in [7, 11) is -4.91. The Kier molecular flexibility index (Phi) is 22.1. The third-order valence-electron chi connectivity index (χ3n) is 6.16. The van der Waals surface area contributed by atoms with Crippen LogP contribution in [0.4, 0.5) is 13.2 Å². The minimum absolute atomic E-state index is 0.0796. The van der Waals surface area contributed by atoms with Crippen LogP contribution in [0.15, 0.2) is 0 Å². The van der Waals surface area contributed by atoms with Crippen LogP contribution in [0.5, 0.6) is 0 Å². The van der Waals surface area contributed by atoms with Gasteiger partial charge < -0.3 is 19.9 Å². The van der Waals surface area contributed by atoms with E-state index >= 15 is 0 Å². The zero-order valence-electron chi connectivity index (χ0n) is 24.1. The lowest BCUT2D eigenvalue weighted by atomic mass is 10.0. The maximum atomic E-state index is 12.8. The summed E-state index contributed by atoms with van der Waals surface area (Å²) in [5, 5.41) is 11.2. The molecule has 0 aromatic heterocycles. The average Bonchev–Trinajstić information content (AvgIpc) is 2.92. The van der Waals surface area contributed by atoms with Crippen molar-refractivity contribution in [3.05, 3.63) is 0 Å². The second-order valence-electron chi connectivity index (χ2n) is 9.67. The SMILES string of the molecule is CCCCCCCCCCCCCCCC(=O)OCCSC[C@H](NS(=O)(=O)C(F)(F)F)C(=O)N[C@@H](CO)C(=O)OC. The van der Waals surface area contributed by atoms with Crippen LogP contribution in [0.2, 0.25) is 0 Å². The average molecular weight is 637 g/mol. The number of ether oxygens (including phenoxy) is 2. The lowest BCUT2D eigenvalue weighted by Gasteiger charge is -2.21. The molecule has 0 aromatic rings. The highest BCUT2D eigenvalue weighted by Crippen LogP contribution is 2.22. The van der Waals surface area contributed by atoms with E-state index in [0.29, 0.717) is 6.42 Å². The second-order valence-corrected chi connectivity index (χ2v) is 12.5. The summed E-state index contributed by atoms with van der Waals surface area (Å²) in [4.78, 5) is 35.9. The van der Waals surface area contributed by atoms with E-state index in [-0.39, 0.29) is 18.8 Å². The summed E-state index contributed by atoms with van der Waals surface area (Å²) < 4.78 is 72.2. The first-order valence-electron chi connectivity index (χ1n) is 14.2. The number of rotatable bonds is 25. The number of methoxy groups -OCH3 is 1.